The molecule has 1 fully saturated rings. The first kappa shape index (κ1) is 15.4. The van der Waals surface area contributed by atoms with Gasteiger partial charge in [0.05, 0.1) is 5.69 Å². The molecule has 0 atom stereocenters. The van der Waals surface area contributed by atoms with Crippen LogP contribution in [0.15, 0.2) is 24.3 Å². The van der Waals surface area contributed by atoms with Gasteiger partial charge in [0.25, 0.3) is 0 Å². The van der Waals surface area contributed by atoms with E-state index in [0.717, 1.165) is 37.1 Å². The highest BCUT2D eigenvalue weighted by Gasteiger charge is 2.21. The van der Waals surface area contributed by atoms with Crippen LogP contribution in [0.2, 0.25) is 0 Å². The molecule has 1 aliphatic carbocycles. The normalized spacial score (nSPS) is 17.2. The van der Waals surface area contributed by atoms with Gasteiger partial charge in [0, 0.05) is 17.7 Å². The Morgan fingerprint density at radius 2 is 1.88 bits per heavy atom. The summed E-state index contributed by atoms with van der Waals surface area (Å²) in [4.78, 5) is 11.4. The maximum absolute atomic E-state index is 6.04. The van der Waals surface area contributed by atoms with Gasteiger partial charge < -0.3 is 10.5 Å². The van der Waals surface area contributed by atoms with Crippen molar-refractivity contribution < 1.29 is 4.74 Å². The van der Waals surface area contributed by atoms with Gasteiger partial charge in [0.2, 0.25) is 11.8 Å². The quantitative estimate of drug-likeness (QED) is 0.937. The minimum Gasteiger partial charge on any atom is -0.476 e. The maximum atomic E-state index is 6.04. The molecule has 2 heterocycles. The van der Waals surface area contributed by atoms with Crippen LogP contribution in [-0.2, 0) is 12.8 Å². The van der Waals surface area contributed by atoms with Gasteiger partial charge in [0.1, 0.15) is 6.61 Å². The number of nitrogens with two attached hydrogens (primary N) is 1. The van der Waals surface area contributed by atoms with Gasteiger partial charge in [0.15, 0.2) is 0 Å². The van der Waals surface area contributed by atoms with Crippen LogP contribution in [0.3, 0.4) is 0 Å². The standard InChI is InChI=1S/C19H24N4O/c20-19-21-17-15-8-2-1-6-14(15)7-5-9-16(17)18(22-19)24-13-12-23-10-3-4-11-23/h1-2,6,8H,3-5,7,9-13H2,(H2,20,21,22). The number of nitrogens with zero attached hydrogens (tertiary/aromatic N) is 3. The predicted molar refractivity (Wildman–Crippen MR) is 95.1 cm³/mol. The number of anilines is 1. The summed E-state index contributed by atoms with van der Waals surface area (Å²) in [5, 5.41) is 0. The van der Waals surface area contributed by atoms with Crippen LogP contribution in [0.1, 0.15) is 30.4 Å². The van der Waals surface area contributed by atoms with Crippen LogP contribution < -0.4 is 10.5 Å². The molecule has 1 aromatic carbocycles. The number of rotatable bonds is 4. The van der Waals surface area contributed by atoms with E-state index in [9.17, 15) is 0 Å². The molecule has 0 saturated carbocycles. The van der Waals surface area contributed by atoms with E-state index >= 15 is 0 Å². The lowest BCUT2D eigenvalue weighted by molar-refractivity contribution is 0.230. The van der Waals surface area contributed by atoms with Crippen molar-refractivity contribution in [3.05, 3.63) is 35.4 Å². The van der Waals surface area contributed by atoms with Gasteiger partial charge >= 0.3 is 0 Å². The van der Waals surface area contributed by atoms with E-state index in [1.165, 1.54) is 37.1 Å². The lowest BCUT2D eigenvalue weighted by Crippen LogP contribution is -2.25. The fourth-order valence-electron chi connectivity index (χ4n) is 3.75. The molecule has 1 saturated heterocycles. The molecular formula is C19H24N4O. The molecule has 1 aromatic heterocycles. The molecule has 0 amide bonds. The highest BCUT2D eigenvalue weighted by Crippen LogP contribution is 2.35. The number of fused-ring (bicyclic) bond motifs is 3. The van der Waals surface area contributed by atoms with Gasteiger partial charge in [-0.3, -0.25) is 4.90 Å². The number of ether oxygens (including phenoxy) is 1. The SMILES string of the molecule is Nc1nc(OCCN2CCCC2)c2c(n1)-c1ccccc1CCC2. The first-order valence-corrected chi connectivity index (χ1v) is 8.91. The fourth-order valence-corrected chi connectivity index (χ4v) is 3.75. The second kappa shape index (κ2) is 6.77. The lowest BCUT2D eigenvalue weighted by atomic mass is 10.0. The molecule has 1 aliphatic heterocycles. The first-order chi connectivity index (χ1) is 11.8. The Hall–Kier alpha value is -2.14. The van der Waals surface area contributed by atoms with Crippen LogP contribution in [0, 0.1) is 0 Å². The van der Waals surface area contributed by atoms with E-state index in [1.54, 1.807) is 0 Å². The van der Waals surface area contributed by atoms with Gasteiger partial charge in [-0.25, -0.2) is 4.98 Å². The number of hydrogen-bond acceptors (Lipinski definition) is 5. The van der Waals surface area contributed by atoms with Crippen LogP contribution in [0.25, 0.3) is 11.3 Å². The summed E-state index contributed by atoms with van der Waals surface area (Å²) in [5.74, 6) is 0.968. The van der Waals surface area contributed by atoms with Crippen molar-refractivity contribution >= 4 is 5.95 Å². The topological polar surface area (TPSA) is 64.3 Å². The second-order valence-corrected chi connectivity index (χ2v) is 6.62. The Kier molecular flexibility index (Phi) is 4.34. The molecule has 2 aromatic rings. The number of aromatic nitrogens is 2. The summed E-state index contributed by atoms with van der Waals surface area (Å²) in [6.45, 7) is 3.97. The minimum absolute atomic E-state index is 0.293. The highest BCUT2D eigenvalue weighted by atomic mass is 16.5. The molecule has 4 rings (SSSR count). The van der Waals surface area contributed by atoms with Crippen molar-refractivity contribution in [3.8, 4) is 17.1 Å². The fraction of sp³-hybridized carbons (Fsp3) is 0.474. The zero-order valence-corrected chi connectivity index (χ0v) is 14.0. The summed E-state index contributed by atoms with van der Waals surface area (Å²) in [5.41, 5.74) is 10.5. The molecule has 0 radical (unpaired) electrons. The third-order valence-corrected chi connectivity index (χ3v) is 4.98. The van der Waals surface area contributed by atoms with Crippen molar-refractivity contribution in [1.29, 1.82) is 0 Å². The number of aryl methyl sites for hydroxylation is 1. The Morgan fingerprint density at radius 3 is 2.75 bits per heavy atom. The Labute approximate surface area is 142 Å². The van der Waals surface area contributed by atoms with E-state index in [-0.39, 0.29) is 0 Å². The van der Waals surface area contributed by atoms with Crippen LogP contribution in [-0.4, -0.2) is 41.1 Å². The molecule has 2 N–H and O–H groups in total. The van der Waals surface area contributed by atoms with Crippen LogP contribution >= 0.6 is 0 Å². The average molecular weight is 324 g/mol. The molecule has 5 nitrogen and oxygen atoms in total. The smallest absolute Gasteiger partial charge is 0.223 e. The predicted octanol–water partition coefficient (Wildman–Crippen LogP) is 2.69. The van der Waals surface area contributed by atoms with E-state index in [1.807, 2.05) is 0 Å². The largest absolute Gasteiger partial charge is 0.476 e. The molecule has 2 aliphatic rings. The van der Waals surface area contributed by atoms with E-state index < -0.39 is 0 Å². The first-order valence-electron chi connectivity index (χ1n) is 8.91. The van der Waals surface area contributed by atoms with Gasteiger partial charge in [-0.15, -0.1) is 0 Å². The van der Waals surface area contributed by atoms with Gasteiger partial charge in [-0.05, 0) is 50.8 Å². The zero-order chi connectivity index (χ0) is 16.4. The summed E-state index contributed by atoms with van der Waals surface area (Å²) in [7, 11) is 0. The molecular weight excluding hydrogens is 300 g/mol. The third kappa shape index (κ3) is 3.08. The van der Waals surface area contributed by atoms with Crippen molar-refractivity contribution in [2.45, 2.75) is 32.1 Å². The van der Waals surface area contributed by atoms with Gasteiger partial charge in [-0.2, -0.15) is 4.98 Å². The number of likely N-dealkylation sites (tertiary alicyclic amines) is 1. The lowest BCUT2D eigenvalue weighted by Gasteiger charge is -2.17. The van der Waals surface area contributed by atoms with Crippen molar-refractivity contribution in [2.24, 2.45) is 0 Å². The summed E-state index contributed by atoms with van der Waals surface area (Å²) in [6, 6.07) is 8.44. The minimum atomic E-state index is 0.293. The van der Waals surface area contributed by atoms with Crippen molar-refractivity contribution in [1.82, 2.24) is 14.9 Å². The molecule has 126 valence electrons. The number of benzene rings is 1. The molecule has 0 spiro atoms. The number of nitrogen functional groups attached to an aromatic ring is 1. The molecule has 24 heavy (non-hydrogen) atoms. The zero-order valence-electron chi connectivity index (χ0n) is 14.0. The van der Waals surface area contributed by atoms with Crippen LogP contribution in [0.4, 0.5) is 5.95 Å². The Morgan fingerprint density at radius 1 is 1.04 bits per heavy atom. The Balaban J connectivity index is 1.61. The highest BCUT2D eigenvalue weighted by molar-refractivity contribution is 5.70. The third-order valence-electron chi connectivity index (χ3n) is 4.98. The number of hydrogen-bond donors (Lipinski definition) is 1. The van der Waals surface area contributed by atoms with E-state index in [4.69, 9.17) is 10.5 Å². The summed E-state index contributed by atoms with van der Waals surface area (Å²) < 4.78 is 6.04. The van der Waals surface area contributed by atoms with E-state index in [2.05, 4.69) is 39.1 Å². The second-order valence-electron chi connectivity index (χ2n) is 6.62. The monoisotopic (exact) mass is 324 g/mol. The molecule has 0 unspecified atom stereocenters. The van der Waals surface area contributed by atoms with Crippen molar-refractivity contribution in [3.63, 3.8) is 0 Å². The van der Waals surface area contributed by atoms with Crippen LogP contribution in [0.5, 0.6) is 5.88 Å². The van der Waals surface area contributed by atoms with E-state index in [0.29, 0.717) is 18.4 Å². The molecule has 5 heteroatoms. The van der Waals surface area contributed by atoms with Gasteiger partial charge in [-0.1, -0.05) is 24.3 Å². The average Bonchev–Trinajstić information content (AvgIpc) is 3.03. The summed E-state index contributed by atoms with van der Waals surface area (Å²) in [6.07, 6.45) is 5.67. The summed E-state index contributed by atoms with van der Waals surface area (Å²) >= 11 is 0. The Bertz CT molecular complexity index is 725. The maximum Gasteiger partial charge on any atom is 0.223 e. The molecule has 0 bridgehead atoms. The van der Waals surface area contributed by atoms with Crippen molar-refractivity contribution in [2.75, 3.05) is 32.0 Å².